The van der Waals surface area contributed by atoms with Crippen molar-refractivity contribution in [2.75, 3.05) is 25.6 Å². The summed E-state index contributed by atoms with van der Waals surface area (Å²) in [6.07, 6.45) is 0. The van der Waals surface area contributed by atoms with Crippen molar-refractivity contribution in [3.63, 3.8) is 0 Å². The normalized spacial score (nSPS) is 10.3. The minimum absolute atomic E-state index is 0.0967. The molecule has 0 aliphatic rings. The third-order valence-electron chi connectivity index (χ3n) is 4.16. The van der Waals surface area contributed by atoms with E-state index in [1.165, 1.54) is 13.2 Å². The van der Waals surface area contributed by atoms with Crippen molar-refractivity contribution in [2.24, 2.45) is 0 Å². The van der Waals surface area contributed by atoms with Crippen molar-refractivity contribution in [2.45, 2.75) is 6.92 Å². The number of hydrogen-bond donors (Lipinski definition) is 1. The number of anilines is 1. The Morgan fingerprint density at radius 2 is 1.84 bits per heavy atom. The number of nitrogens with one attached hydrogen (secondary N) is 1. The molecule has 0 bridgehead atoms. The molecule has 0 unspecified atom stereocenters. The van der Waals surface area contributed by atoms with Crippen LogP contribution in [0.15, 0.2) is 59.4 Å². The molecule has 0 fully saturated rings. The standard InChI is InChI=1S/C22H20ClN3O6/c1-3-31-22(29)21-18(12-20(28)26(25-21)15-7-5-4-6-8-15)32-13-19(27)24-16-11-14(23)9-10-17(16)30-2/h4-12H,3,13H2,1-2H3,(H,24,27). The molecule has 166 valence electrons. The van der Waals surface area contributed by atoms with E-state index in [2.05, 4.69) is 10.4 Å². The summed E-state index contributed by atoms with van der Waals surface area (Å²) in [5, 5.41) is 7.11. The van der Waals surface area contributed by atoms with Gasteiger partial charge in [0.15, 0.2) is 12.4 Å². The van der Waals surface area contributed by atoms with Gasteiger partial charge in [0.1, 0.15) is 5.75 Å². The van der Waals surface area contributed by atoms with Gasteiger partial charge in [-0.05, 0) is 37.3 Å². The molecule has 1 N–H and O–H groups in total. The van der Waals surface area contributed by atoms with Crippen molar-refractivity contribution < 1.29 is 23.8 Å². The van der Waals surface area contributed by atoms with Gasteiger partial charge in [-0.25, -0.2) is 4.79 Å². The van der Waals surface area contributed by atoms with Crippen LogP contribution in [0.25, 0.3) is 5.69 Å². The molecule has 3 rings (SSSR count). The zero-order valence-corrected chi connectivity index (χ0v) is 18.1. The first-order valence-electron chi connectivity index (χ1n) is 9.56. The predicted molar refractivity (Wildman–Crippen MR) is 118 cm³/mol. The fourth-order valence-corrected chi connectivity index (χ4v) is 2.92. The average molecular weight is 458 g/mol. The highest BCUT2D eigenvalue weighted by atomic mass is 35.5. The molecule has 0 aliphatic carbocycles. The molecule has 1 heterocycles. The van der Waals surface area contributed by atoms with E-state index in [0.29, 0.717) is 22.1 Å². The first kappa shape index (κ1) is 22.8. The largest absolute Gasteiger partial charge is 0.495 e. The van der Waals surface area contributed by atoms with E-state index in [9.17, 15) is 14.4 Å². The summed E-state index contributed by atoms with van der Waals surface area (Å²) in [7, 11) is 1.45. The molecule has 3 aromatic rings. The van der Waals surface area contributed by atoms with Crippen LogP contribution >= 0.6 is 11.6 Å². The Hall–Kier alpha value is -3.85. The first-order chi connectivity index (χ1) is 15.4. The number of nitrogens with zero attached hydrogens (tertiary/aromatic N) is 2. The van der Waals surface area contributed by atoms with Crippen LogP contribution in [0.5, 0.6) is 11.5 Å². The zero-order chi connectivity index (χ0) is 23.1. The number of para-hydroxylation sites is 1. The van der Waals surface area contributed by atoms with Crippen LogP contribution in [0.1, 0.15) is 17.4 Å². The highest BCUT2D eigenvalue weighted by molar-refractivity contribution is 6.31. The zero-order valence-electron chi connectivity index (χ0n) is 17.3. The SMILES string of the molecule is CCOC(=O)c1nn(-c2ccccc2)c(=O)cc1OCC(=O)Nc1cc(Cl)ccc1OC. The van der Waals surface area contributed by atoms with Gasteiger partial charge in [-0.2, -0.15) is 9.78 Å². The number of carbonyl (C=O) groups excluding carboxylic acids is 2. The van der Waals surface area contributed by atoms with Crippen molar-refractivity contribution in [1.29, 1.82) is 0 Å². The molecule has 2 aromatic carbocycles. The second kappa shape index (κ2) is 10.5. The molecule has 9 nitrogen and oxygen atoms in total. The van der Waals surface area contributed by atoms with E-state index >= 15 is 0 Å². The van der Waals surface area contributed by atoms with Crippen LogP contribution in [0.3, 0.4) is 0 Å². The summed E-state index contributed by atoms with van der Waals surface area (Å²) < 4.78 is 16.7. The Kier molecular flexibility index (Phi) is 7.45. The summed E-state index contributed by atoms with van der Waals surface area (Å²) in [4.78, 5) is 37.4. The van der Waals surface area contributed by atoms with Gasteiger partial charge in [0.05, 0.1) is 31.2 Å². The summed E-state index contributed by atoms with van der Waals surface area (Å²) in [5.41, 5.74) is 0.0248. The lowest BCUT2D eigenvalue weighted by molar-refractivity contribution is -0.118. The van der Waals surface area contributed by atoms with Gasteiger partial charge in [-0.3, -0.25) is 9.59 Å². The Morgan fingerprint density at radius 3 is 2.53 bits per heavy atom. The van der Waals surface area contributed by atoms with Gasteiger partial charge in [-0.15, -0.1) is 0 Å². The van der Waals surface area contributed by atoms with Crippen molar-refractivity contribution in [3.8, 4) is 17.2 Å². The van der Waals surface area contributed by atoms with Gasteiger partial charge in [0, 0.05) is 5.02 Å². The molecule has 0 saturated heterocycles. The van der Waals surface area contributed by atoms with E-state index < -0.39 is 24.0 Å². The number of rotatable bonds is 8. The van der Waals surface area contributed by atoms with Crippen molar-refractivity contribution in [3.05, 3.63) is 75.7 Å². The summed E-state index contributed by atoms with van der Waals surface area (Å²) in [5.74, 6) is -1.12. The number of carbonyl (C=O) groups is 2. The number of halogens is 1. The lowest BCUT2D eigenvalue weighted by Crippen LogP contribution is -2.27. The van der Waals surface area contributed by atoms with Crippen LogP contribution in [0.4, 0.5) is 5.69 Å². The molecule has 1 aromatic heterocycles. The molecule has 0 saturated carbocycles. The maximum atomic E-state index is 12.6. The third-order valence-corrected chi connectivity index (χ3v) is 4.40. The fourth-order valence-electron chi connectivity index (χ4n) is 2.75. The van der Waals surface area contributed by atoms with Crippen molar-refractivity contribution in [1.82, 2.24) is 9.78 Å². The van der Waals surface area contributed by atoms with Gasteiger partial charge in [0.2, 0.25) is 5.69 Å². The van der Waals surface area contributed by atoms with E-state index in [1.54, 1.807) is 49.4 Å². The van der Waals surface area contributed by atoms with Gasteiger partial charge >= 0.3 is 5.97 Å². The number of hydrogen-bond acceptors (Lipinski definition) is 7. The number of benzene rings is 2. The maximum Gasteiger partial charge on any atom is 0.362 e. The minimum atomic E-state index is -0.788. The van der Waals surface area contributed by atoms with Crippen molar-refractivity contribution >= 4 is 29.2 Å². The number of ether oxygens (including phenoxy) is 3. The molecular formula is C22H20ClN3O6. The van der Waals surface area contributed by atoms with Gasteiger partial charge < -0.3 is 19.5 Å². The highest BCUT2D eigenvalue weighted by Crippen LogP contribution is 2.27. The van der Waals surface area contributed by atoms with E-state index in [4.69, 9.17) is 25.8 Å². The molecule has 10 heteroatoms. The van der Waals surface area contributed by atoms with E-state index in [-0.39, 0.29) is 18.1 Å². The lowest BCUT2D eigenvalue weighted by atomic mass is 10.3. The summed E-state index contributed by atoms with van der Waals surface area (Å²) in [6, 6.07) is 14.4. The summed E-state index contributed by atoms with van der Waals surface area (Å²) in [6.45, 7) is 1.23. The molecular weight excluding hydrogens is 438 g/mol. The Labute approximate surface area is 188 Å². The molecule has 32 heavy (non-hydrogen) atoms. The number of aromatic nitrogens is 2. The van der Waals surface area contributed by atoms with Crippen LogP contribution in [0.2, 0.25) is 5.02 Å². The molecule has 0 radical (unpaired) electrons. The van der Waals surface area contributed by atoms with E-state index in [0.717, 1.165) is 10.7 Å². The quantitative estimate of drug-likeness (QED) is 0.517. The van der Waals surface area contributed by atoms with Crippen LogP contribution in [-0.2, 0) is 9.53 Å². The molecule has 1 amide bonds. The smallest absolute Gasteiger partial charge is 0.362 e. The van der Waals surface area contributed by atoms with E-state index in [1.807, 2.05) is 0 Å². The third kappa shape index (κ3) is 5.44. The average Bonchev–Trinajstić information content (AvgIpc) is 2.78. The second-order valence-corrected chi connectivity index (χ2v) is 6.78. The summed E-state index contributed by atoms with van der Waals surface area (Å²) >= 11 is 5.96. The van der Waals surface area contributed by atoms with Crippen LogP contribution in [0, 0.1) is 0 Å². The number of amides is 1. The Bertz CT molecular complexity index is 1180. The first-order valence-corrected chi connectivity index (χ1v) is 9.93. The van der Waals surface area contributed by atoms with Crippen LogP contribution < -0.4 is 20.3 Å². The number of methoxy groups -OCH3 is 1. The number of esters is 1. The fraction of sp³-hybridized carbons (Fsp3) is 0.182. The van der Waals surface area contributed by atoms with Gasteiger partial charge in [-0.1, -0.05) is 29.8 Å². The topological polar surface area (TPSA) is 109 Å². The lowest BCUT2D eigenvalue weighted by Gasteiger charge is -2.13. The monoisotopic (exact) mass is 457 g/mol. The minimum Gasteiger partial charge on any atom is -0.495 e. The molecule has 0 spiro atoms. The molecule has 0 atom stereocenters. The van der Waals surface area contributed by atoms with Crippen LogP contribution in [-0.4, -0.2) is 42.0 Å². The van der Waals surface area contributed by atoms with Gasteiger partial charge in [0.25, 0.3) is 11.5 Å². The Balaban J connectivity index is 1.84. The molecule has 0 aliphatic heterocycles. The second-order valence-electron chi connectivity index (χ2n) is 6.34. The predicted octanol–water partition coefficient (Wildman–Crippen LogP) is 3.09. The highest BCUT2D eigenvalue weighted by Gasteiger charge is 2.21. The maximum absolute atomic E-state index is 12.6. The Morgan fingerprint density at radius 1 is 1.09 bits per heavy atom.